The van der Waals surface area contributed by atoms with Crippen molar-refractivity contribution in [2.24, 2.45) is 0 Å². The van der Waals surface area contributed by atoms with Crippen LogP contribution in [0, 0.1) is 0 Å². The molecule has 0 bridgehead atoms. The molecule has 2 rings (SSSR count). The number of amides is 2. The van der Waals surface area contributed by atoms with Crippen LogP contribution in [0.15, 0.2) is 53.4 Å². The number of carbonyl (C=O) groups is 2. The molecule has 0 heterocycles. The third kappa shape index (κ3) is 9.48. The highest BCUT2D eigenvalue weighted by molar-refractivity contribution is 7.98. The molecule has 2 N–H and O–H groups in total. The Morgan fingerprint density at radius 1 is 0.971 bits per heavy atom. The molecule has 1 atom stereocenters. The Hall–Kier alpha value is -2.67. The number of hydrogen-bond donors (Lipinski definition) is 2. The number of hydrogen-bond acceptors (Lipinski definition) is 5. The van der Waals surface area contributed by atoms with Gasteiger partial charge >= 0.3 is 12.0 Å². The van der Waals surface area contributed by atoms with Crippen molar-refractivity contribution >= 4 is 29.4 Å². The van der Waals surface area contributed by atoms with Gasteiger partial charge in [0.25, 0.3) is 0 Å². The number of rotatable bonds is 14. The topological polar surface area (TPSA) is 76.7 Å². The first-order valence-corrected chi connectivity index (χ1v) is 13.7. The van der Waals surface area contributed by atoms with Crippen LogP contribution in [-0.4, -0.2) is 30.5 Å². The van der Waals surface area contributed by atoms with Crippen LogP contribution in [0.25, 0.3) is 0 Å². The molecule has 0 aliphatic carbocycles. The zero-order chi connectivity index (χ0) is 25.7. The van der Waals surface area contributed by atoms with Gasteiger partial charge in [-0.25, -0.2) is 9.59 Å². The van der Waals surface area contributed by atoms with Crippen molar-refractivity contribution in [3.05, 3.63) is 54.1 Å². The summed E-state index contributed by atoms with van der Waals surface area (Å²) >= 11 is 1.60. The third-order valence-corrected chi connectivity index (χ3v) is 6.48. The second-order valence-corrected chi connectivity index (χ2v) is 9.80. The van der Waals surface area contributed by atoms with Crippen LogP contribution in [0.5, 0.6) is 5.75 Å². The van der Waals surface area contributed by atoms with Crippen LogP contribution in [-0.2, 0) is 9.53 Å². The minimum atomic E-state index is -1.08. The van der Waals surface area contributed by atoms with Crippen LogP contribution in [0.1, 0.15) is 77.8 Å². The van der Waals surface area contributed by atoms with Gasteiger partial charge in [-0.1, -0.05) is 63.3 Å². The molecule has 7 heteroatoms. The van der Waals surface area contributed by atoms with Crippen molar-refractivity contribution in [2.45, 2.75) is 82.8 Å². The van der Waals surface area contributed by atoms with E-state index in [4.69, 9.17) is 9.47 Å². The van der Waals surface area contributed by atoms with Gasteiger partial charge in [0.15, 0.2) is 5.60 Å². The molecule has 35 heavy (non-hydrogen) atoms. The lowest BCUT2D eigenvalue weighted by Gasteiger charge is -2.25. The summed E-state index contributed by atoms with van der Waals surface area (Å²) < 4.78 is 11.0. The summed E-state index contributed by atoms with van der Waals surface area (Å²) in [4.78, 5) is 26.1. The SMILES string of the molecule is CCCCCCCC(NC(=O)Nc1ccccc1SC)c1ccc(OC(C)(C)C(=O)OCC)cc1. The van der Waals surface area contributed by atoms with Crippen molar-refractivity contribution in [3.63, 3.8) is 0 Å². The number of carbonyl (C=O) groups excluding carboxylic acids is 2. The van der Waals surface area contributed by atoms with Crippen molar-refractivity contribution < 1.29 is 19.1 Å². The van der Waals surface area contributed by atoms with Crippen molar-refractivity contribution in [3.8, 4) is 5.75 Å². The molecule has 0 saturated carbocycles. The number of esters is 1. The van der Waals surface area contributed by atoms with Gasteiger partial charge in [-0.15, -0.1) is 11.8 Å². The first-order chi connectivity index (χ1) is 16.8. The Labute approximate surface area is 214 Å². The predicted molar refractivity (Wildman–Crippen MR) is 144 cm³/mol. The molecule has 0 saturated heterocycles. The quantitative estimate of drug-likeness (QED) is 0.161. The summed E-state index contributed by atoms with van der Waals surface area (Å²) in [5.41, 5.74) is 0.707. The molecule has 192 valence electrons. The average Bonchev–Trinajstić information content (AvgIpc) is 2.84. The number of thioether (sulfide) groups is 1. The molecule has 6 nitrogen and oxygen atoms in total. The number of ether oxygens (including phenoxy) is 2. The van der Waals surface area contributed by atoms with Crippen molar-refractivity contribution in [1.29, 1.82) is 0 Å². The minimum absolute atomic E-state index is 0.134. The fourth-order valence-corrected chi connectivity index (χ4v) is 4.30. The first kappa shape index (κ1) is 28.6. The second-order valence-electron chi connectivity index (χ2n) is 8.96. The summed E-state index contributed by atoms with van der Waals surface area (Å²) in [7, 11) is 0. The van der Waals surface area contributed by atoms with Crippen LogP contribution < -0.4 is 15.4 Å². The van der Waals surface area contributed by atoms with E-state index in [0.717, 1.165) is 35.4 Å². The summed E-state index contributed by atoms with van der Waals surface area (Å²) in [6.45, 7) is 7.66. The van der Waals surface area contributed by atoms with Crippen LogP contribution in [0.2, 0.25) is 0 Å². The zero-order valence-electron chi connectivity index (χ0n) is 21.7. The summed E-state index contributed by atoms with van der Waals surface area (Å²) in [5, 5.41) is 6.14. The van der Waals surface area contributed by atoms with Crippen LogP contribution in [0.3, 0.4) is 0 Å². The number of urea groups is 1. The lowest BCUT2D eigenvalue weighted by Crippen LogP contribution is -2.39. The Kier molecular flexibility index (Phi) is 12.0. The van der Waals surface area contributed by atoms with E-state index in [1.54, 1.807) is 32.5 Å². The third-order valence-electron chi connectivity index (χ3n) is 5.68. The van der Waals surface area contributed by atoms with Gasteiger partial charge in [-0.2, -0.15) is 0 Å². The van der Waals surface area contributed by atoms with E-state index in [1.165, 1.54) is 19.3 Å². The number of unbranched alkanes of at least 4 members (excludes halogenated alkanes) is 4. The monoisotopic (exact) mass is 500 g/mol. The van der Waals surface area contributed by atoms with E-state index in [9.17, 15) is 9.59 Å². The molecule has 0 radical (unpaired) electrons. The van der Waals surface area contributed by atoms with E-state index in [0.29, 0.717) is 12.4 Å². The lowest BCUT2D eigenvalue weighted by atomic mass is 9.99. The Morgan fingerprint density at radius 3 is 2.31 bits per heavy atom. The smallest absolute Gasteiger partial charge is 0.349 e. The summed E-state index contributed by atoms with van der Waals surface area (Å²) in [6, 6.07) is 15.0. The number of anilines is 1. The molecule has 1 unspecified atom stereocenters. The van der Waals surface area contributed by atoms with Gasteiger partial charge in [-0.05, 0) is 63.3 Å². The van der Waals surface area contributed by atoms with Gasteiger partial charge < -0.3 is 20.1 Å². The lowest BCUT2D eigenvalue weighted by molar-refractivity contribution is -0.158. The molecular formula is C28H40N2O4S. The van der Waals surface area contributed by atoms with Crippen LogP contribution in [0.4, 0.5) is 10.5 Å². The highest BCUT2D eigenvalue weighted by atomic mass is 32.2. The fourth-order valence-electron chi connectivity index (χ4n) is 3.75. The molecule has 0 aliphatic rings. The van der Waals surface area contributed by atoms with E-state index in [-0.39, 0.29) is 12.1 Å². The van der Waals surface area contributed by atoms with E-state index in [1.807, 2.05) is 54.8 Å². The summed E-state index contributed by atoms with van der Waals surface area (Å²) in [6.07, 6.45) is 8.62. The fraction of sp³-hybridized carbons (Fsp3) is 0.500. The van der Waals surface area contributed by atoms with Gasteiger partial charge in [0, 0.05) is 4.90 Å². The van der Waals surface area contributed by atoms with Crippen LogP contribution >= 0.6 is 11.8 Å². The number of nitrogens with one attached hydrogen (secondary N) is 2. The molecule has 2 amide bonds. The van der Waals surface area contributed by atoms with Gasteiger partial charge in [0.2, 0.25) is 0 Å². The second kappa shape index (κ2) is 14.7. The molecule has 2 aromatic carbocycles. The Bertz CT molecular complexity index is 931. The maximum Gasteiger partial charge on any atom is 0.349 e. The highest BCUT2D eigenvalue weighted by Crippen LogP contribution is 2.27. The molecule has 0 aromatic heterocycles. The van der Waals surface area contributed by atoms with Crippen molar-refractivity contribution in [2.75, 3.05) is 18.2 Å². The molecular weight excluding hydrogens is 460 g/mol. The van der Waals surface area contributed by atoms with Gasteiger partial charge in [0.05, 0.1) is 18.3 Å². The van der Waals surface area contributed by atoms with E-state index < -0.39 is 11.6 Å². The standard InChI is InChI=1S/C28H40N2O4S/c1-6-8-9-10-11-14-23(29-27(32)30-24-15-12-13-16-25(24)35-5)21-17-19-22(20-18-21)34-28(3,4)26(31)33-7-2/h12-13,15-20,23H,6-11,14H2,1-5H3,(H2,29,30,32). The average molecular weight is 501 g/mol. The highest BCUT2D eigenvalue weighted by Gasteiger charge is 2.31. The summed E-state index contributed by atoms with van der Waals surface area (Å²) in [5.74, 6) is 0.171. The Morgan fingerprint density at radius 2 is 1.66 bits per heavy atom. The maximum atomic E-state index is 12.9. The van der Waals surface area contributed by atoms with Crippen molar-refractivity contribution in [1.82, 2.24) is 5.32 Å². The minimum Gasteiger partial charge on any atom is -0.476 e. The van der Waals surface area contributed by atoms with Gasteiger partial charge in [0.1, 0.15) is 5.75 Å². The molecule has 2 aromatic rings. The maximum absolute atomic E-state index is 12.9. The zero-order valence-corrected chi connectivity index (χ0v) is 22.5. The molecule has 0 aliphatic heterocycles. The predicted octanol–water partition coefficient (Wildman–Crippen LogP) is 7.35. The number of para-hydroxylation sites is 1. The Balaban J connectivity index is 2.10. The molecule has 0 spiro atoms. The largest absolute Gasteiger partial charge is 0.476 e. The van der Waals surface area contributed by atoms with Gasteiger partial charge in [-0.3, -0.25) is 0 Å². The molecule has 0 fully saturated rings. The van der Waals surface area contributed by atoms with E-state index >= 15 is 0 Å². The normalized spacial score (nSPS) is 12.0. The first-order valence-electron chi connectivity index (χ1n) is 12.5. The number of benzene rings is 2. The van der Waals surface area contributed by atoms with E-state index in [2.05, 4.69) is 17.6 Å².